The number of hydrogen-bond acceptors (Lipinski definition) is 4. The van der Waals surface area contributed by atoms with Gasteiger partial charge in [-0.05, 0) is 73.6 Å². The average molecular weight is 382 g/mol. The summed E-state index contributed by atoms with van der Waals surface area (Å²) >= 11 is 5.32. The molecule has 7 heteroatoms. The molecule has 0 saturated heterocycles. The molecule has 0 aliphatic rings. The molecule has 27 heavy (non-hydrogen) atoms. The first-order chi connectivity index (χ1) is 13.0. The Kier molecular flexibility index (Phi) is 5.71. The summed E-state index contributed by atoms with van der Waals surface area (Å²) in [5.74, 6) is 1.40. The van der Waals surface area contributed by atoms with Gasteiger partial charge in [0, 0.05) is 24.2 Å². The van der Waals surface area contributed by atoms with Gasteiger partial charge in [0.1, 0.15) is 5.75 Å². The molecular weight excluding hydrogens is 360 g/mol. The molecule has 0 atom stereocenters. The lowest BCUT2D eigenvalue weighted by Crippen LogP contribution is -2.15. The molecule has 0 bridgehead atoms. The van der Waals surface area contributed by atoms with Crippen molar-refractivity contribution in [2.45, 2.75) is 26.8 Å². The molecule has 2 N–H and O–H groups in total. The Hall–Kier alpha value is -2.93. The van der Waals surface area contributed by atoms with Crippen LogP contribution in [0.5, 0.6) is 5.75 Å². The predicted octanol–water partition coefficient (Wildman–Crippen LogP) is 4.26. The highest BCUT2D eigenvalue weighted by molar-refractivity contribution is 7.71. The quantitative estimate of drug-likeness (QED) is 0.625. The fourth-order valence-electron chi connectivity index (χ4n) is 2.74. The Balaban J connectivity index is 1.70. The summed E-state index contributed by atoms with van der Waals surface area (Å²) in [6, 6.07) is 13.4. The number of hydrogen-bond donors (Lipinski definition) is 2. The maximum Gasteiger partial charge on any atom is 0.226 e. The fourth-order valence-corrected chi connectivity index (χ4v) is 2.97. The first kappa shape index (κ1) is 18.8. The summed E-state index contributed by atoms with van der Waals surface area (Å²) < 4.78 is 7.50. The largest absolute Gasteiger partial charge is 0.497 e. The number of H-pyrrole nitrogens is 1. The second-order valence-corrected chi connectivity index (χ2v) is 6.72. The third kappa shape index (κ3) is 4.43. The smallest absolute Gasteiger partial charge is 0.226 e. The maximum absolute atomic E-state index is 12.3. The van der Waals surface area contributed by atoms with E-state index in [2.05, 4.69) is 15.5 Å². The lowest BCUT2D eigenvalue weighted by Gasteiger charge is -2.09. The van der Waals surface area contributed by atoms with Gasteiger partial charge in [-0.2, -0.15) is 5.10 Å². The molecule has 6 nitrogen and oxygen atoms in total. The molecule has 140 valence electrons. The summed E-state index contributed by atoms with van der Waals surface area (Å²) in [6.45, 7) is 4.51. The van der Waals surface area contributed by atoms with Crippen molar-refractivity contribution in [1.82, 2.24) is 14.8 Å². The Morgan fingerprint density at radius 1 is 1.19 bits per heavy atom. The van der Waals surface area contributed by atoms with Gasteiger partial charge in [0.25, 0.3) is 0 Å². The molecule has 0 fully saturated rings. The Labute approximate surface area is 163 Å². The molecule has 1 aromatic heterocycles. The summed E-state index contributed by atoms with van der Waals surface area (Å²) in [6.07, 6.45) is 0.296. The number of carbonyl (C=O) groups is 1. The van der Waals surface area contributed by atoms with E-state index in [1.54, 1.807) is 7.11 Å². The topological polar surface area (TPSA) is 71.9 Å². The Morgan fingerprint density at radius 2 is 1.93 bits per heavy atom. The van der Waals surface area contributed by atoms with Crippen molar-refractivity contribution in [2.24, 2.45) is 0 Å². The number of aryl methyl sites for hydroxylation is 2. The minimum absolute atomic E-state index is 0.0676. The van der Waals surface area contributed by atoms with Crippen LogP contribution < -0.4 is 10.1 Å². The molecule has 3 aromatic rings. The number of amides is 1. The van der Waals surface area contributed by atoms with Gasteiger partial charge in [-0.15, -0.1) is 0 Å². The van der Waals surface area contributed by atoms with Gasteiger partial charge in [-0.3, -0.25) is 14.5 Å². The van der Waals surface area contributed by atoms with Gasteiger partial charge in [0.15, 0.2) is 10.6 Å². The van der Waals surface area contributed by atoms with E-state index in [0.717, 1.165) is 22.6 Å². The van der Waals surface area contributed by atoms with Gasteiger partial charge in [-0.1, -0.05) is 6.07 Å². The van der Waals surface area contributed by atoms with Crippen molar-refractivity contribution in [2.75, 3.05) is 12.4 Å². The summed E-state index contributed by atoms with van der Waals surface area (Å²) in [5.41, 5.74) is 4.04. The SMILES string of the molecule is COc1ccc(-c2n[nH]c(=S)n2CCC(=O)Nc2ccc(C)c(C)c2)cc1. The van der Waals surface area contributed by atoms with Crippen molar-refractivity contribution < 1.29 is 9.53 Å². The van der Waals surface area contributed by atoms with Crippen molar-refractivity contribution in [1.29, 1.82) is 0 Å². The number of methoxy groups -OCH3 is 1. The summed E-state index contributed by atoms with van der Waals surface area (Å²) in [7, 11) is 1.62. The zero-order chi connectivity index (χ0) is 19.4. The molecular formula is C20H22N4O2S. The lowest BCUT2D eigenvalue weighted by molar-refractivity contribution is -0.116. The number of rotatable bonds is 6. The number of carbonyl (C=O) groups excluding carboxylic acids is 1. The van der Waals surface area contributed by atoms with Crippen LogP contribution in [0.4, 0.5) is 5.69 Å². The minimum Gasteiger partial charge on any atom is -0.497 e. The van der Waals surface area contributed by atoms with Crippen LogP contribution in [-0.2, 0) is 11.3 Å². The molecule has 0 saturated carbocycles. The van der Waals surface area contributed by atoms with Gasteiger partial charge in [0.05, 0.1) is 7.11 Å². The molecule has 0 aliphatic heterocycles. The standard InChI is InChI=1S/C20H22N4O2S/c1-13-4-7-16(12-14(13)2)21-18(25)10-11-24-19(22-23-20(24)27)15-5-8-17(26-3)9-6-15/h4-9,12H,10-11H2,1-3H3,(H,21,25)(H,23,27). The van der Waals surface area contributed by atoms with Crippen LogP contribution in [0.3, 0.4) is 0 Å². The molecule has 2 aromatic carbocycles. The first-order valence-electron chi connectivity index (χ1n) is 8.64. The van der Waals surface area contributed by atoms with Crippen molar-refractivity contribution in [3.8, 4) is 17.1 Å². The number of ether oxygens (including phenoxy) is 1. The van der Waals surface area contributed by atoms with Crippen LogP contribution >= 0.6 is 12.2 Å². The highest BCUT2D eigenvalue weighted by Crippen LogP contribution is 2.21. The molecule has 0 spiro atoms. The van der Waals surface area contributed by atoms with E-state index in [1.807, 2.05) is 60.9 Å². The van der Waals surface area contributed by atoms with Crippen LogP contribution in [-0.4, -0.2) is 27.8 Å². The van der Waals surface area contributed by atoms with E-state index in [-0.39, 0.29) is 5.91 Å². The highest BCUT2D eigenvalue weighted by atomic mass is 32.1. The monoisotopic (exact) mass is 382 g/mol. The average Bonchev–Trinajstić information content (AvgIpc) is 3.03. The first-order valence-corrected chi connectivity index (χ1v) is 9.05. The van der Waals surface area contributed by atoms with E-state index < -0.39 is 0 Å². The highest BCUT2D eigenvalue weighted by Gasteiger charge is 2.11. The van der Waals surface area contributed by atoms with E-state index in [0.29, 0.717) is 23.6 Å². The number of nitrogens with one attached hydrogen (secondary N) is 2. The van der Waals surface area contributed by atoms with E-state index in [4.69, 9.17) is 17.0 Å². The maximum atomic E-state index is 12.3. The number of nitrogens with zero attached hydrogens (tertiary/aromatic N) is 2. The van der Waals surface area contributed by atoms with Crippen molar-refractivity contribution >= 4 is 23.8 Å². The molecule has 0 aliphatic carbocycles. The van der Waals surface area contributed by atoms with Gasteiger partial charge in [-0.25, -0.2) is 0 Å². The molecule has 1 amide bonds. The number of aromatic amines is 1. The number of anilines is 1. The van der Waals surface area contributed by atoms with Crippen molar-refractivity contribution in [3.05, 3.63) is 58.4 Å². The Morgan fingerprint density at radius 3 is 2.59 bits per heavy atom. The molecule has 1 heterocycles. The molecule has 0 unspecified atom stereocenters. The van der Waals surface area contributed by atoms with Crippen LogP contribution in [0.1, 0.15) is 17.5 Å². The predicted molar refractivity (Wildman–Crippen MR) is 109 cm³/mol. The van der Waals surface area contributed by atoms with Crippen LogP contribution in [0.25, 0.3) is 11.4 Å². The van der Waals surface area contributed by atoms with Gasteiger partial charge < -0.3 is 10.1 Å². The minimum atomic E-state index is -0.0676. The van der Waals surface area contributed by atoms with Gasteiger partial charge >= 0.3 is 0 Å². The molecule has 3 rings (SSSR count). The van der Waals surface area contributed by atoms with E-state index in [9.17, 15) is 4.79 Å². The second kappa shape index (κ2) is 8.18. The zero-order valence-electron chi connectivity index (χ0n) is 15.6. The zero-order valence-corrected chi connectivity index (χ0v) is 16.4. The summed E-state index contributed by atoms with van der Waals surface area (Å²) in [5, 5.41) is 10.0. The third-order valence-electron chi connectivity index (χ3n) is 4.46. The van der Waals surface area contributed by atoms with Gasteiger partial charge in [0.2, 0.25) is 5.91 Å². The number of benzene rings is 2. The number of aromatic nitrogens is 3. The van der Waals surface area contributed by atoms with Crippen LogP contribution in [0.15, 0.2) is 42.5 Å². The second-order valence-electron chi connectivity index (χ2n) is 6.33. The lowest BCUT2D eigenvalue weighted by atomic mass is 10.1. The van der Waals surface area contributed by atoms with Crippen LogP contribution in [0, 0.1) is 18.6 Å². The van der Waals surface area contributed by atoms with E-state index in [1.165, 1.54) is 5.56 Å². The van der Waals surface area contributed by atoms with E-state index >= 15 is 0 Å². The molecule has 0 radical (unpaired) electrons. The fraction of sp³-hybridized carbons (Fsp3) is 0.250. The Bertz CT molecular complexity index is 1010. The third-order valence-corrected chi connectivity index (χ3v) is 4.77. The van der Waals surface area contributed by atoms with Crippen molar-refractivity contribution in [3.63, 3.8) is 0 Å². The summed E-state index contributed by atoms with van der Waals surface area (Å²) in [4.78, 5) is 12.3. The normalized spacial score (nSPS) is 10.6. The van der Waals surface area contributed by atoms with Crippen LogP contribution in [0.2, 0.25) is 0 Å².